The van der Waals surface area contributed by atoms with Crippen LogP contribution in [0.5, 0.6) is 0 Å². The summed E-state index contributed by atoms with van der Waals surface area (Å²) in [5.74, 6) is 2.87. The zero-order valence-electron chi connectivity index (χ0n) is 15.2. The van der Waals surface area contributed by atoms with Crippen molar-refractivity contribution in [2.24, 2.45) is 17.6 Å². The first-order valence-electron chi connectivity index (χ1n) is 9.30. The van der Waals surface area contributed by atoms with Crippen molar-refractivity contribution in [3.63, 3.8) is 0 Å². The minimum absolute atomic E-state index is 0.155. The molecular weight excluding hydrogens is 306 g/mol. The van der Waals surface area contributed by atoms with E-state index in [4.69, 9.17) is 5.73 Å². The lowest BCUT2D eigenvalue weighted by Gasteiger charge is -2.43. The summed E-state index contributed by atoms with van der Waals surface area (Å²) in [5, 5.41) is 0. The van der Waals surface area contributed by atoms with Crippen LogP contribution < -0.4 is 5.73 Å². The molecule has 1 aliphatic heterocycles. The molecule has 1 saturated heterocycles. The lowest BCUT2D eigenvalue weighted by molar-refractivity contribution is -0.134. The number of carbonyl (C=O) groups excluding carboxylic acids is 1. The number of piperazine rings is 1. The second-order valence-corrected chi connectivity index (χ2v) is 8.55. The standard InChI is InChI=1S/C18H35N3OS/c1-14(2)15-4-6-16(7-5-15)20-9-11-21(12-10-20)18(22)17(19)8-13-23-3/h14-17H,4-13,19H2,1-3H3/t15?,16?,17-/m0/s1. The fourth-order valence-corrected chi connectivity index (χ4v) is 4.53. The van der Waals surface area contributed by atoms with Crippen LogP contribution in [0.4, 0.5) is 0 Å². The number of amides is 1. The van der Waals surface area contributed by atoms with Gasteiger partial charge in [-0.2, -0.15) is 11.8 Å². The van der Waals surface area contributed by atoms with Gasteiger partial charge in [0, 0.05) is 32.2 Å². The van der Waals surface area contributed by atoms with Crippen molar-refractivity contribution < 1.29 is 4.79 Å². The monoisotopic (exact) mass is 341 g/mol. The van der Waals surface area contributed by atoms with Gasteiger partial charge in [-0.3, -0.25) is 9.69 Å². The van der Waals surface area contributed by atoms with Gasteiger partial charge in [-0.1, -0.05) is 13.8 Å². The largest absolute Gasteiger partial charge is 0.339 e. The number of hydrogen-bond donors (Lipinski definition) is 1. The van der Waals surface area contributed by atoms with E-state index in [9.17, 15) is 4.79 Å². The first-order valence-corrected chi connectivity index (χ1v) is 10.7. The molecule has 0 aromatic heterocycles. The molecule has 1 saturated carbocycles. The number of rotatable bonds is 6. The normalized spacial score (nSPS) is 28.1. The quantitative estimate of drug-likeness (QED) is 0.806. The molecule has 1 amide bonds. The predicted octanol–water partition coefficient (Wildman–Crippen LogP) is 2.43. The molecule has 0 aromatic carbocycles. The van der Waals surface area contributed by atoms with E-state index in [1.54, 1.807) is 11.8 Å². The molecule has 4 nitrogen and oxygen atoms in total. The maximum atomic E-state index is 12.4. The second kappa shape index (κ2) is 9.28. The van der Waals surface area contributed by atoms with Crippen LogP contribution in [-0.2, 0) is 4.79 Å². The maximum Gasteiger partial charge on any atom is 0.239 e. The van der Waals surface area contributed by atoms with Gasteiger partial charge in [-0.25, -0.2) is 0 Å². The molecule has 1 aliphatic carbocycles. The Bertz CT molecular complexity index is 361. The summed E-state index contributed by atoms with van der Waals surface area (Å²) in [7, 11) is 0. The van der Waals surface area contributed by atoms with E-state index >= 15 is 0 Å². The molecule has 23 heavy (non-hydrogen) atoms. The van der Waals surface area contributed by atoms with Crippen molar-refractivity contribution in [1.29, 1.82) is 0 Å². The molecule has 0 spiro atoms. The van der Waals surface area contributed by atoms with Gasteiger partial charge in [-0.15, -0.1) is 0 Å². The van der Waals surface area contributed by atoms with Gasteiger partial charge in [0.25, 0.3) is 0 Å². The lowest BCUT2D eigenvalue weighted by atomic mass is 9.79. The molecule has 2 N–H and O–H groups in total. The van der Waals surface area contributed by atoms with Gasteiger partial charge < -0.3 is 10.6 Å². The van der Waals surface area contributed by atoms with E-state index in [1.807, 2.05) is 4.90 Å². The van der Waals surface area contributed by atoms with E-state index < -0.39 is 0 Å². The van der Waals surface area contributed by atoms with E-state index in [0.717, 1.165) is 56.2 Å². The molecule has 0 unspecified atom stereocenters. The summed E-state index contributed by atoms with van der Waals surface area (Å²) in [4.78, 5) is 17.0. The molecule has 134 valence electrons. The van der Waals surface area contributed by atoms with Crippen LogP contribution in [0, 0.1) is 11.8 Å². The van der Waals surface area contributed by atoms with Gasteiger partial charge in [0.1, 0.15) is 0 Å². The molecule has 0 bridgehead atoms. The highest BCUT2D eigenvalue weighted by Crippen LogP contribution is 2.32. The van der Waals surface area contributed by atoms with E-state index in [1.165, 1.54) is 25.7 Å². The lowest BCUT2D eigenvalue weighted by Crippen LogP contribution is -2.55. The average Bonchev–Trinajstić information content (AvgIpc) is 2.59. The average molecular weight is 342 g/mol. The highest BCUT2D eigenvalue weighted by atomic mass is 32.2. The first kappa shape index (κ1) is 19.1. The summed E-state index contributed by atoms with van der Waals surface area (Å²) in [6.45, 7) is 8.48. The van der Waals surface area contributed by atoms with Crippen LogP contribution in [0.1, 0.15) is 46.0 Å². The Morgan fingerprint density at radius 1 is 1.13 bits per heavy atom. The topological polar surface area (TPSA) is 49.6 Å². The van der Waals surface area contributed by atoms with Crippen molar-refractivity contribution in [2.45, 2.75) is 58.0 Å². The molecule has 2 fully saturated rings. The van der Waals surface area contributed by atoms with Gasteiger partial charge in [-0.05, 0) is 55.9 Å². The molecule has 2 aliphatic rings. The van der Waals surface area contributed by atoms with E-state index in [2.05, 4.69) is 25.0 Å². The maximum absolute atomic E-state index is 12.4. The smallest absolute Gasteiger partial charge is 0.239 e. The van der Waals surface area contributed by atoms with Crippen LogP contribution in [0.25, 0.3) is 0 Å². The number of carbonyl (C=O) groups is 1. The predicted molar refractivity (Wildman–Crippen MR) is 99.7 cm³/mol. The van der Waals surface area contributed by atoms with Crippen LogP contribution in [0.3, 0.4) is 0 Å². The van der Waals surface area contributed by atoms with Crippen LogP contribution in [-0.4, -0.2) is 66.0 Å². The van der Waals surface area contributed by atoms with Gasteiger partial charge in [0.05, 0.1) is 6.04 Å². The fraction of sp³-hybridized carbons (Fsp3) is 0.944. The van der Waals surface area contributed by atoms with Gasteiger partial charge in [0.2, 0.25) is 5.91 Å². The molecule has 0 aromatic rings. The third kappa shape index (κ3) is 5.36. The zero-order chi connectivity index (χ0) is 16.8. The molecule has 0 radical (unpaired) electrons. The Kier molecular flexibility index (Phi) is 7.70. The molecule has 1 atom stereocenters. The number of hydrogen-bond acceptors (Lipinski definition) is 4. The summed E-state index contributed by atoms with van der Waals surface area (Å²) in [5.41, 5.74) is 6.04. The Labute approximate surface area is 146 Å². The zero-order valence-corrected chi connectivity index (χ0v) is 16.0. The van der Waals surface area contributed by atoms with Crippen LogP contribution in [0.2, 0.25) is 0 Å². The van der Waals surface area contributed by atoms with Crippen molar-refractivity contribution in [1.82, 2.24) is 9.80 Å². The van der Waals surface area contributed by atoms with Crippen molar-refractivity contribution in [2.75, 3.05) is 38.2 Å². The number of thioether (sulfide) groups is 1. The van der Waals surface area contributed by atoms with Crippen molar-refractivity contribution in [3.8, 4) is 0 Å². The molecule has 5 heteroatoms. The number of nitrogens with two attached hydrogens (primary N) is 1. The fourth-order valence-electron chi connectivity index (χ4n) is 4.04. The highest BCUT2D eigenvalue weighted by molar-refractivity contribution is 7.98. The second-order valence-electron chi connectivity index (χ2n) is 7.56. The first-order chi connectivity index (χ1) is 11.0. The Hall–Kier alpha value is -0.260. The van der Waals surface area contributed by atoms with E-state index in [0.29, 0.717) is 0 Å². The van der Waals surface area contributed by atoms with E-state index in [-0.39, 0.29) is 11.9 Å². The number of nitrogens with zero attached hydrogens (tertiary/aromatic N) is 2. The third-order valence-electron chi connectivity index (χ3n) is 5.78. The summed E-state index contributed by atoms with van der Waals surface area (Å²) < 4.78 is 0. The minimum atomic E-state index is -0.310. The highest BCUT2D eigenvalue weighted by Gasteiger charge is 2.31. The van der Waals surface area contributed by atoms with Crippen molar-refractivity contribution >= 4 is 17.7 Å². The van der Waals surface area contributed by atoms with Crippen LogP contribution in [0.15, 0.2) is 0 Å². The Morgan fingerprint density at radius 3 is 2.26 bits per heavy atom. The Morgan fingerprint density at radius 2 is 1.74 bits per heavy atom. The summed E-state index contributed by atoms with van der Waals surface area (Å²) in [6, 6.07) is 0.433. The van der Waals surface area contributed by atoms with Crippen LogP contribution >= 0.6 is 11.8 Å². The molecular formula is C18H35N3OS. The summed E-state index contributed by atoms with van der Waals surface area (Å²) in [6.07, 6.45) is 8.28. The van der Waals surface area contributed by atoms with Gasteiger partial charge >= 0.3 is 0 Å². The Balaban J connectivity index is 1.73. The molecule has 1 heterocycles. The SMILES string of the molecule is CSCC[C@H](N)C(=O)N1CCN(C2CCC(C(C)C)CC2)CC1. The third-order valence-corrected chi connectivity index (χ3v) is 6.42. The van der Waals surface area contributed by atoms with Crippen molar-refractivity contribution in [3.05, 3.63) is 0 Å². The summed E-state index contributed by atoms with van der Waals surface area (Å²) >= 11 is 1.76. The van der Waals surface area contributed by atoms with Gasteiger partial charge in [0.15, 0.2) is 0 Å². The minimum Gasteiger partial charge on any atom is -0.339 e. The molecule has 2 rings (SSSR count).